The molecule has 2 aromatic carbocycles. The number of carbonyl (C=O) groups excluding carboxylic acids is 4. The minimum absolute atomic E-state index is 0.0921. The number of aromatic nitrogens is 1. The molecule has 14 heteroatoms. The fourth-order valence-electron chi connectivity index (χ4n) is 4.19. The quantitative estimate of drug-likeness (QED) is 0.0940. The van der Waals surface area contributed by atoms with Gasteiger partial charge in [-0.25, -0.2) is 14.4 Å². The smallest absolute Gasteiger partial charge is 0.338 e. The molecule has 4 atom stereocenters. The normalized spacial score (nSPS) is 20.0. The zero-order valence-corrected chi connectivity index (χ0v) is 23.4. The van der Waals surface area contributed by atoms with E-state index in [9.17, 15) is 23.7 Å². The van der Waals surface area contributed by atoms with Crippen LogP contribution in [0.1, 0.15) is 37.3 Å². The van der Waals surface area contributed by atoms with Gasteiger partial charge in [-0.1, -0.05) is 42.5 Å². The summed E-state index contributed by atoms with van der Waals surface area (Å²) >= 11 is 0. The van der Waals surface area contributed by atoms with E-state index in [4.69, 9.17) is 34.5 Å². The maximum absolute atomic E-state index is 13.1. The van der Waals surface area contributed by atoms with E-state index in [1.54, 1.807) is 48.5 Å². The molecule has 0 unspecified atom stereocenters. The standard InChI is InChI=1S/C29H27N2O11P/c30-26(33)21-13-7-15-31(17-21)27-25(41-23(32)14-8-16-43(36,37)38)24(42-29(35)20-11-5-2-6-12-20)22(40-27)18-39-28(34)19-9-3-1-4-10-19/h1-15,17,22,24-25,27H,16,18H2,(H3-,30,33,36,37,38)/p+1/b14-8+/t22-,24-,25-,27-/m1/s1. The third-order valence-electron chi connectivity index (χ3n) is 6.18. The second-order valence-electron chi connectivity index (χ2n) is 9.32. The maximum Gasteiger partial charge on any atom is 0.338 e. The predicted molar refractivity (Wildman–Crippen MR) is 147 cm³/mol. The Balaban J connectivity index is 1.67. The Hall–Kier alpha value is -4.68. The molecule has 0 radical (unpaired) electrons. The summed E-state index contributed by atoms with van der Waals surface area (Å²) in [5.74, 6) is -3.25. The second kappa shape index (κ2) is 14.0. The Morgan fingerprint density at radius 2 is 1.47 bits per heavy atom. The molecule has 0 aliphatic carbocycles. The molecular weight excluding hydrogens is 583 g/mol. The van der Waals surface area contributed by atoms with Gasteiger partial charge < -0.3 is 34.5 Å². The summed E-state index contributed by atoms with van der Waals surface area (Å²) in [6.45, 7) is -0.421. The molecule has 224 valence electrons. The summed E-state index contributed by atoms with van der Waals surface area (Å²) in [5.41, 5.74) is 5.96. The topological polar surface area (TPSA) is 193 Å². The van der Waals surface area contributed by atoms with Crippen molar-refractivity contribution in [2.75, 3.05) is 12.8 Å². The van der Waals surface area contributed by atoms with Gasteiger partial charge >= 0.3 is 31.7 Å². The van der Waals surface area contributed by atoms with Crippen molar-refractivity contribution in [3.63, 3.8) is 0 Å². The number of nitrogens with zero attached hydrogens (tertiary/aromatic N) is 1. The first-order valence-electron chi connectivity index (χ1n) is 12.9. The summed E-state index contributed by atoms with van der Waals surface area (Å²) in [7, 11) is -4.44. The molecule has 0 spiro atoms. The average Bonchev–Trinajstić information content (AvgIpc) is 3.32. The van der Waals surface area contributed by atoms with Crippen LogP contribution >= 0.6 is 7.60 Å². The molecule has 1 amide bonds. The van der Waals surface area contributed by atoms with E-state index in [0.29, 0.717) is 0 Å². The molecule has 1 aromatic heterocycles. The van der Waals surface area contributed by atoms with Gasteiger partial charge in [0, 0.05) is 12.1 Å². The molecule has 13 nitrogen and oxygen atoms in total. The largest absolute Gasteiger partial charge is 0.459 e. The van der Waals surface area contributed by atoms with Gasteiger partial charge in [0.15, 0.2) is 18.5 Å². The maximum atomic E-state index is 13.1. The van der Waals surface area contributed by atoms with Gasteiger partial charge in [-0.15, -0.1) is 0 Å². The molecule has 1 aliphatic rings. The van der Waals surface area contributed by atoms with Crippen LogP contribution in [-0.2, 0) is 28.3 Å². The molecule has 3 aromatic rings. The summed E-state index contributed by atoms with van der Waals surface area (Å²) in [6.07, 6.45) is -1.22. The van der Waals surface area contributed by atoms with Crippen molar-refractivity contribution in [3.05, 3.63) is 114 Å². The monoisotopic (exact) mass is 611 g/mol. The van der Waals surface area contributed by atoms with Gasteiger partial charge in [-0.3, -0.25) is 9.36 Å². The average molecular weight is 612 g/mol. The third-order valence-corrected chi connectivity index (χ3v) is 6.86. The van der Waals surface area contributed by atoms with Crippen molar-refractivity contribution >= 4 is 31.4 Å². The lowest BCUT2D eigenvalue weighted by Gasteiger charge is -2.22. The molecule has 0 saturated carbocycles. The number of allylic oxidation sites excluding steroid dienone is 1. The zero-order valence-electron chi connectivity index (χ0n) is 22.5. The van der Waals surface area contributed by atoms with Crippen LogP contribution in [0.4, 0.5) is 0 Å². The molecule has 1 fully saturated rings. The number of pyridine rings is 1. The number of ether oxygens (including phenoxy) is 4. The Kier molecular flexibility index (Phi) is 10.2. The lowest BCUT2D eigenvalue weighted by Crippen LogP contribution is -2.49. The van der Waals surface area contributed by atoms with Crippen LogP contribution in [-0.4, -0.2) is 64.7 Å². The second-order valence-corrected chi connectivity index (χ2v) is 11.0. The van der Waals surface area contributed by atoms with Crippen LogP contribution in [0.3, 0.4) is 0 Å². The van der Waals surface area contributed by atoms with Crippen LogP contribution in [0.5, 0.6) is 0 Å². The first-order chi connectivity index (χ1) is 20.5. The number of benzene rings is 2. The number of nitrogens with two attached hydrogens (primary N) is 1. The minimum atomic E-state index is -4.44. The fourth-order valence-corrected chi connectivity index (χ4v) is 4.57. The highest BCUT2D eigenvalue weighted by Gasteiger charge is 2.55. The van der Waals surface area contributed by atoms with E-state index < -0.39 is 68.7 Å². The number of amides is 1. The van der Waals surface area contributed by atoms with Crippen LogP contribution in [0.25, 0.3) is 0 Å². The van der Waals surface area contributed by atoms with Crippen molar-refractivity contribution in [1.82, 2.24) is 0 Å². The molecule has 43 heavy (non-hydrogen) atoms. The van der Waals surface area contributed by atoms with Crippen LogP contribution in [0.15, 0.2) is 97.3 Å². The summed E-state index contributed by atoms with van der Waals surface area (Å²) in [4.78, 5) is 68.6. The third kappa shape index (κ3) is 8.66. The van der Waals surface area contributed by atoms with Gasteiger partial charge in [0.05, 0.1) is 17.3 Å². The predicted octanol–water partition coefficient (Wildman–Crippen LogP) is 1.70. The number of carbonyl (C=O) groups is 4. The lowest BCUT2D eigenvalue weighted by molar-refractivity contribution is -0.765. The summed E-state index contributed by atoms with van der Waals surface area (Å²) in [5, 5.41) is 0. The number of primary amides is 1. The van der Waals surface area contributed by atoms with Gasteiger partial charge in [-0.05, 0) is 30.3 Å². The Bertz CT molecular complexity index is 1540. The first-order valence-corrected chi connectivity index (χ1v) is 14.7. The summed E-state index contributed by atoms with van der Waals surface area (Å²) in [6, 6.07) is 19.0. The van der Waals surface area contributed by atoms with Crippen molar-refractivity contribution in [2.45, 2.75) is 24.5 Å². The van der Waals surface area contributed by atoms with E-state index in [0.717, 1.165) is 12.2 Å². The van der Waals surface area contributed by atoms with Crippen LogP contribution in [0.2, 0.25) is 0 Å². The fraction of sp³-hybridized carbons (Fsp3) is 0.207. The van der Waals surface area contributed by atoms with Crippen LogP contribution in [0, 0.1) is 0 Å². The molecule has 1 saturated heterocycles. The van der Waals surface area contributed by atoms with Crippen molar-refractivity contribution in [3.8, 4) is 0 Å². The van der Waals surface area contributed by atoms with Crippen LogP contribution < -0.4 is 10.3 Å². The molecule has 1 aliphatic heterocycles. The number of hydrogen-bond donors (Lipinski definition) is 3. The Morgan fingerprint density at radius 3 is 2.07 bits per heavy atom. The van der Waals surface area contributed by atoms with E-state index in [2.05, 4.69) is 0 Å². The Morgan fingerprint density at radius 1 is 0.860 bits per heavy atom. The zero-order chi connectivity index (χ0) is 31.0. The van der Waals surface area contributed by atoms with Crippen molar-refractivity contribution in [2.24, 2.45) is 5.73 Å². The minimum Gasteiger partial charge on any atom is -0.459 e. The number of rotatable bonds is 11. The van der Waals surface area contributed by atoms with Crippen molar-refractivity contribution < 1.29 is 57.0 Å². The van der Waals surface area contributed by atoms with Gasteiger partial charge in [0.25, 0.3) is 5.91 Å². The highest BCUT2D eigenvalue weighted by molar-refractivity contribution is 7.51. The van der Waals surface area contributed by atoms with E-state index >= 15 is 0 Å². The first kappa shape index (κ1) is 31.3. The summed E-state index contributed by atoms with van der Waals surface area (Å²) < 4.78 is 35.5. The molecule has 2 heterocycles. The molecule has 4 rings (SSSR count). The van der Waals surface area contributed by atoms with E-state index in [1.165, 1.54) is 41.2 Å². The lowest BCUT2D eigenvalue weighted by atomic mass is 10.1. The highest BCUT2D eigenvalue weighted by atomic mass is 31.2. The van der Waals surface area contributed by atoms with Gasteiger partial charge in [-0.2, -0.15) is 4.57 Å². The van der Waals surface area contributed by atoms with E-state index in [-0.39, 0.29) is 16.7 Å². The number of esters is 3. The molecule has 4 N–H and O–H groups in total. The van der Waals surface area contributed by atoms with Crippen molar-refractivity contribution in [1.29, 1.82) is 0 Å². The SMILES string of the molecule is NC(=O)c1ccc[n+]([C@@H]2O[C@H](COC(=O)c3ccccc3)[C@@H](OC(=O)c3ccccc3)[C@H]2OC(=O)/C=C/CP(=O)(O)O)c1. The number of hydrogen-bond acceptors (Lipinski definition) is 9. The van der Waals surface area contributed by atoms with Gasteiger partial charge in [0.2, 0.25) is 6.10 Å². The van der Waals surface area contributed by atoms with Gasteiger partial charge in [0.1, 0.15) is 18.3 Å². The Labute approximate surface area is 245 Å². The molecular formula is C29H28N2O11P+. The molecule has 0 bridgehead atoms. The highest BCUT2D eigenvalue weighted by Crippen LogP contribution is 2.34. The van der Waals surface area contributed by atoms with E-state index in [1.807, 2.05) is 0 Å².